The minimum Gasteiger partial charge on any atom is -0.334 e. The zero-order valence-corrected chi connectivity index (χ0v) is 17.0. The van der Waals surface area contributed by atoms with Crippen LogP contribution in [0.2, 0.25) is 0 Å². The van der Waals surface area contributed by atoms with Crippen molar-refractivity contribution in [1.29, 1.82) is 0 Å². The van der Waals surface area contributed by atoms with E-state index in [2.05, 4.69) is 11.8 Å². The molecule has 1 amide bonds. The van der Waals surface area contributed by atoms with Gasteiger partial charge in [0, 0.05) is 18.6 Å². The van der Waals surface area contributed by atoms with Crippen molar-refractivity contribution in [2.24, 2.45) is 11.3 Å². The van der Waals surface area contributed by atoms with Crippen molar-refractivity contribution in [2.75, 3.05) is 13.1 Å². The number of carbonyl (C=O) groups excluding carboxylic acids is 1. The number of fused-ring (bicyclic) bond motifs is 2. The lowest BCUT2D eigenvalue weighted by Crippen LogP contribution is -2.41. The van der Waals surface area contributed by atoms with Crippen molar-refractivity contribution in [1.82, 2.24) is 9.80 Å². The summed E-state index contributed by atoms with van der Waals surface area (Å²) in [5, 5.41) is 0. The molecular weight excluding hydrogens is 377 g/mol. The molecule has 5 rings (SSSR count). The highest BCUT2D eigenvalue weighted by Crippen LogP contribution is 2.55. The third kappa shape index (κ3) is 3.01. The van der Waals surface area contributed by atoms with Crippen LogP contribution >= 0.6 is 0 Å². The molecular formula is C23H29F3N2O. The Kier molecular flexibility index (Phi) is 4.50. The molecule has 0 radical (unpaired) electrons. The summed E-state index contributed by atoms with van der Waals surface area (Å²) in [5.41, 5.74) is 0.706. The molecule has 3 aliphatic heterocycles. The Morgan fingerprint density at radius 2 is 1.86 bits per heavy atom. The van der Waals surface area contributed by atoms with Crippen molar-refractivity contribution >= 4 is 5.91 Å². The van der Waals surface area contributed by atoms with E-state index in [1.165, 1.54) is 31.4 Å². The van der Waals surface area contributed by atoms with Gasteiger partial charge in [0.1, 0.15) is 0 Å². The lowest BCUT2D eigenvalue weighted by Gasteiger charge is -2.34. The van der Waals surface area contributed by atoms with E-state index in [1.54, 1.807) is 6.07 Å². The van der Waals surface area contributed by atoms with Gasteiger partial charge < -0.3 is 9.80 Å². The van der Waals surface area contributed by atoms with Crippen LogP contribution in [0.15, 0.2) is 18.2 Å². The Hall–Kier alpha value is -1.56. The monoisotopic (exact) mass is 406 g/mol. The average Bonchev–Trinajstić information content (AvgIpc) is 3.24. The molecule has 1 aromatic carbocycles. The van der Waals surface area contributed by atoms with Gasteiger partial charge in [0.2, 0.25) is 5.91 Å². The number of rotatable bonds is 1. The Morgan fingerprint density at radius 1 is 1.10 bits per heavy atom. The number of piperidine rings is 1. The van der Waals surface area contributed by atoms with Crippen LogP contribution in [0.1, 0.15) is 62.1 Å². The highest BCUT2D eigenvalue weighted by atomic mass is 19.4. The van der Waals surface area contributed by atoms with Gasteiger partial charge in [-0.3, -0.25) is 4.79 Å². The Balaban J connectivity index is 1.39. The van der Waals surface area contributed by atoms with Gasteiger partial charge in [-0.25, -0.2) is 0 Å². The fourth-order valence-corrected chi connectivity index (χ4v) is 6.55. The number of likely N-dealkylation sites (tertiary alicyclic amines) is 1. The van der Waals surface area contributed by atoms with Crippen LogP contribution in [0.25, 0.3) is 0 Å². The van der Waals surface area contributed by atoms with Gasteiger partial charge in [0.05, 0.1) is 11.0 Å². The molecule has 0 aromatic heterocycles. The number of hydrogen-bond donors (Lipinski definition) is 0. The van der Waals surface area contributed by atoms with Crippen molar-refractivity contribution in [2.45, 2.75) is 76.7 Å². The molecule has 2 saturated heterocycles. The summed E-state index contributed by atoms with van der Waals surface area (Å²) in [7, 11) is 0. The molecule has 6 heteroatoms. The van der Waals surface area contributed by atoms with Crippen LogP contribution in [0.4, 0.5) is 13.2 Å². The topological polar surface area (TPSA) is 23.6 Å². The third-order valence-corrected chi connectivity index (χ3v) is 8.27. The smallest absolute Gasteiger partial charge is 0.334 e. The minimum absolute atomic E-state index is 0.117. The van der Waals surface area contributed by atoms with E-state index < -0.39 is 11.7 Å². The molecule has 0 N–H and O–H groups in total. The van der Waals surface area contributed by atoms with Gasteiger partial charge in [-0.1, -0.05) is 19.4 Å². The molecule has 3 heterocycles. The highest BCUT2D eigenvalue weighted by molar-refractivity contribution is 5.87. The van der Waals surface area contributed by atoms with E-state index in [-0.39, 0.29) is 23.3 Å². The van der Waals surface area contributed by atoms with Gasteiger partial charge >= 0.3 is 6.18 Å². The maximum Gasteiger partial charge on any atom is 0.416 e. The molecule has 0 bridgehead atoms. The van der Waals surface area contributed by atoms with Crippen molar-refractivity contribution < 1.29 is 18.0 Å². The van der Waals surface area contributed by atoms with Crippen LogP contribution in [0, 0.1) is 11.3 Å². The van der Waals surface area contributed by atoms with Crippen molar-refractivity contribution in [3.05, 3.63) is 34.9 Å². The molecule has 1 spiro atoms. The first-order valence-electron chi connectivity index (χ1n) is 11.0. The first kappa shape index (κ1) is 19.4. The normalized spacial score (nSPS) is 35.2. The molecule has 4 atom stereocenters. The number of halogens is 3. The van der Waals surface area contributed by atoms with Gasteiger partial charge in [-0.05, 0) is 80.8 Å². The SMILES string of the molecule is CC1C2Cc3ccc(C(F)(F)F)cc3CN2C(=O)[C@]12CC[C@@H](N1CCCCC1)C2. The van der Waals surface area contributed by atoms with E-state index in [0.29, 0.717) is 24.6 Å². The minimum atomic E-state index is -4.34. The molecule has 3 nitrogen and oxygen atoms in total. The molecule has 3 fully saturated rings. The molecule has 29 heavy (non-hydrogen) atoms. The second-order valence-corrected chi connectivity index (χ2v) is 9.62. The maximum atomic E-state index is 13.6. The van der Waals surface area contributed by atoms with E-state index in [0.717, 1.165) is 37.9 Å². The summed E-state index contributed by atoms with van der Waals surface area (Å²) in [6.45, 7) is 4.81. The average molecular weight is 406 g/mol. The van der Waals surface area contributed by atoms with E-state index in [4.69, 9.17) is 0 Å². The van der Waals surface area contributed by atoms with Crippen LogP contribution in [0.5, 0.6) is 0 Å². The fourth-order valence-electron chi connectivity index (χ4n) is 6.55. The zero-order valence-electron chi connectivity index (χ0n) is 17.0. The largest absolute Gasteiger partial charge is 0.416 e. The molecule has 1 saturated carbocycles. The van der Waals surface area contributed by atoms with E-state index in [1.807, 2.05) is 4.90 Å². The van der Waals surface area contributed by atoms with Crippen molar-refractivity contribution in [3.63, 3.8) is 0 Å². The number of nitrogens with zero attached hydrogens (tertiary/aromatic N) is 2. The van der Waals surface area contributed by atoms with Crippen LogP contribution < -0.4 is 0 Å². The third-order valence-electron chi connectivity index (χ3n) is 8.27. The fraction of sp³-hybridized carbons (Fsp3) is 0.696. The number of hydrogen-bond acceptors (Lipinski definition) is 2. The van der Waals surface area contributed by atoms with Gasteiger partial charge in [0.15, 0.2) is 0 Å². The first-order valence-corrected chi connectivity index (χ1v) is 11.0. The van der Waals surface area contributed by atoms with E-state index >= 15 is 0 Å². The zero-order chi connectivity index (χ0) is 20.4. The van der Waals surface area contributed by atoms with Gasteiger partial charge in [0.25, 0.3) is 0 Å². The summed E-state index contributed by atoms with van der Waals surface area (Å²) >= 11 is 0. The highest BCUT2D eigenvalue weighted by Gasteiger charge is 2.60. The quantitative estimate of drug-likeness (QED) is 0.679. The standard InChI is InChI=1S/C23H29F3N2O/c1-15-20-12-16-5-6-18(23(24,25)26)11-17(16)14-28(20)21(29)22(15)8-7-19(13-22)27-9-3-2-4-10-27/h5-6,11,15,19-20H,2-4,7-10,12-14H2,1H3/t15?,19-,20?,22+/m1/s1. The number of amides is 1. The molecule has 1 aromatic rings. The number of benzene rings is 1. The predicted octanol–water partition coefficient (Wildman–Crippen LogP) is 4.63. The lowest BCUT2D eigenvalue weighted by molar-refractivity contribution is -0.138. The van der Waals surface area contributed by atoms with Crippen molar-refractivity contribution in [3.8, 4) is 0 Å². The number of alkyl halides is 3. The predicted molar refractivity (Wildman–Crippen MR) is 104 cm³/mol. The van der Waals surface area contributed by atoms with Crippen LogP contribution in [-0.4, -0.2) is 40.9 Å². The lowest BCUT2D eigenvalue weighted by atomic mass is 9.73. The molecule has 4 aliphatic rings. The second-order valence-electron chi connectivity index (χ2n) is 9.62. The summed E-state index contributed by atoms with van der Waals surface area (Å²) < 4.78 is 39.4. The summed E-state index contributed by atoms with van der Waals surface area (Å²) in [6, 6.07) is 4.67. The summed E-state index contributed by atoms with van der Waals surface area (Å²) in [5.74, 6) is 0.442. The van der Waals surface area contributed by atoms with Gasteiger partial charge in [-0.15, -0.1) is 0 Å². The maximum absolute atomic E-state index is 13.6. The van der Waals surface area contributed by atoms with Crippen LogP contribution in [-0.2, 0) is 23.9 Å². The van der Waals surface area contributed by atoms with E-state index in [9.17, 15) is 18.0 Å². The molecule has 2 unspecified atom stereocenters. The number of carbonyl (C=O) groups is 1. The first-order chi connectivity index (χ1) is 13.8. The summed E-state index contributed by atoms with van der Waals surface area (Å²) in [6.07, 6.45) is 3.05. The van der Waals surface area contributed by atoms with Crippen LogP contribution in [0.3, 0.4) is 0 Å². The Bertz CT molecular complexity index is 817. The second kappa shape index (κ2) is 6.73. The summed E-state index contributed by atoms with van der Waals surface area (Å²) in [4.78, 5) is 18.1. The molecule has 1 aliphatic carbocycles. The van der Waals surface area contributed by atoms with Gasteiger partial charge in [-0.2, -0.15) is 13.2 Å². The Labute approximate surface area is 170 Å². The molecule has 158 valence electrons. The Morgan fingerprint density at radius 3 is 2.59 bits per heavy atom.